The zero-order chi connectivity index (χ0) is 9.84. The molecule has 1 amide bonds. The van der Waals surface area contributed by atoms with Crippen molar-refractivity contribution in [1.82, 2.24) is 5.32 Å². The molecule has 1 aromatic carbocycles. The van der Waals surface area contributed by atoms with Gasteiger partial charge in [0, 0.05) is 17.8 Å². The molecule has 0 spiro atoms. The van der Waals surface area contributed by atoms with E-state index in [1.807, 2.05) is 13.8 Å². The highest BCUT2D eigenvalue weighted by atomic mass is 16.1. The average molecular weight is 178 g/mol. The first-order valence-corrected chi connectivity index (χ1v) is 4.30. The Balaban J connectivity index is 3.01. The molecule has 70 valence electrons. The highest BCUT2D eigenvalue weighted by Gasteiger charge is 2.08. The highest BCUT2D eigenvalue weighted by Crippen LogP contribution is 2.14. The first kappa shape index (κ1) is 9.58. The predicted molar refractivity (Wildman–Crippen MR) is 53.6 cm³/mol. The van der Waals surface area contributed by atoms with Crippen LogP contribution in [-0.4, -0.2) is 12.5 Å². The lowest BCUT2D eigenvalue weighted by Gasteiger charge is -2.07. The van der Waals surface area contributed by atoms with Crippen molar-refractivity contribution in [3.05, 3.63) is 29.3 Å². The Kier molecular flexibility index (Phi) is 2.90. The fraction of sp³-hybridized carbons (Fsp3) is 0.300. The Morgan fingerprint density at radius 1 is 1.54 bits per heavy atom. The van der Waals surface area contributed by atoms with Crippen molar-refractivity contribution in [2.24, 2.45) is 0 Å². The van der Waals surface area contributed by atoms with Crippen LogP contribution in [0.2, 0.25) is 0 Å². The van der Waals surface area contributed by atoms with E-state index >= 15 is 0 Å². The molecule has 0 unspecified atom stereocenters. The predicted octanol–water partition coefficient (Wildman–Crippen LogP) is 1.33. The van der Waals surface area contributed by atoms with E-state index in [1.165, 1.54) is 0 Å². The number of anilines is 1. The molecule has 13 heavy (non-hydrogen) atoms. The van der Waals surface area contributed by atoms with Crippen molar-refractivity contribution in [3.8, 4) is 0 Å². The van der Waals surface area contributed by atoms with Crippen LogP contribution < -0.4 is 11.1 Å². The highest BCUT2D eigenvalue weighted by molar-refractivity contribution is 5.96. The van der Waals surface area contributed by atoms with Gasteiger partial charge in [-0.05, 0) is 31.5 Å². The van der Waals surface area contributed by atoms with Crippen molar-refractivity contribution in [2.45, 2.75) is 13.8 Å². The molecule has 0 heterocycles. The maximum atomic E-state index is 11.5. The molecule has 0 aliphatic rings. The minimum atomic E-state index is -0.0627. The van der Waals surface area contributed by atoms with Gasteiger partial charge in [0.05, 0.1) is 0 Å². The van der Waals surface area contributed by atoms with Crippen LogP contribution in [0.15, 0.2) is 18.2 Å². The first-order valence-electron chi connectivity index (χ1n) is 4.30. The molecule has 0 radical (unpaired) electrons. The van der Waals surface area contributed by atoms with Crippen molar-refractivity contribution >= 4 is 11.6 Å². The molecule has 0 saturated carbocycles. The molecule has 1 rings (SSSR count). The summed E-state index contributed by atoms with van der Waals surface area (Å²) in [4.78, 5) is 11.5. The van der Waals surface area contributed by atoms with Gasteiger partial charge in [0.2, 0.25) is 0 Å². The number of carbonyl (C=O) groups is 1. The fourth-order valence-electron chi connectivity index (χ4n) is 1.16. The minimum absolute atomic E-state index is 0.0627. The van der Waals surface area contributed by atoms with Crippen LogP contribution >= 0.6 is 0 Å². The third-order valence-corrected chi connectivity index (χ3v) is 1.96. The molecule has 0 aliphatic carbocycles. The fourth-order valence-corrected chi connectivity index (χ4v) is 1.16. The lowest BCUT2D eigenvalue weighted by Crippen LogP contribution is -2.23. The number of nitrogens with one attached hydrogen (secondary N) is 1. The standard InChI is InChI=1S/C10H14N2O/c1-3-12-10(13)8-5-4-6-9(11)7(8)2/h4-6H,3,11H2,1-2H3,(H,12,13). The van der Waals surface area contributed by atoms with Crippen LogP contribution in [0.25, 0.3) is 0 Å². The molecule has 0 fully saturated rings. The Morgan fingerprint density at radius 3 is 2.85 bits per heavy atom. The molecule has 0 aromatic heterocycles. The van der Waals surface area contributed by atoms with Crippen LogP contribution in [-0.2, 0) is 0 Å². The molecular weight excluding hydrogens is 164 g/mol. The summed E-state index contributed by atoms with van der Waals surface area (Å²) in [5.41, 5.74) is 7.83. The maximum Gasteiger partial charge on any atom is 0.251 e. The summed E-state index contributed by atoms with van der Waals surface area (Å²) in [7, 11) is 0. The summed E-state index contributed by atoms with van der Waals surface area (Å²) in [5, 5.41) is 2.74. The number of hydrogen-bond acceptors (Lipinski definition) is 2. The van der Waals surface area contributed by atoms with E-state index in [2.05, 4.69) is 5.32 Å². The topological polar surface area (TPSA) is 55.1 Å². The van der Waals surface area contributed by atoms with Crippen molar-refractivity contribution in [1.29, 1.82) is 0 Å². The van der Waals surface area contributed by atoms with E-state index in [-0.39, 0.29) is 5.91 Å². The summed E-state index contributed by atoms with van der Waals surface area (Å²) in [6, 6.07) is 5.35. The van der Waals surface area contributed by atoms with Crippen LogP contribution in [0.4, 0.5) is 5.69 Å². The van der Waals surface area contributed by atoms with Crippen molar-refractivity contribution < 1.29 is 4.79 Å². The van der Waals surface area contributed by atoms with Gasteiger partial charge in [-0.15, -0.1) is 0 Å². The van der Waals surface area contributed by atoms with Gasteiger partial charge >= 0.3 is 0 Å². The van der Waals surface area contributed by atoms with E-state index in [9.17, 15) is 4.79 Å². The van der Waals surface area contributed by atoms with Gasteiger partial charge in [0.15, 0.2) is 0 Å². The van der Waals surface area contributed by atoms with Crippen molar-refractivity contribution in [3.63, 3.8) is 0 Å². The molecular formula is C10H14N2O. The van der Waals surface area contributed by atoms with E-state index in [0.717, 1.165) is 5.56 Å². The molecule has 0 bridgehead atoms. The average Bonchev–Trinajstić information content (AvgIpc) is 2.10. The summed E-state index contributed by atoms with van der Waals surface area (Å²) < 4.78 is 0. The van der Waals surface area contributed by atoms with Gasteiger partial charge in [-0.3, -0.25) is 4.79 Å². The van der Waals surface area contributed by atoms with E-state index in [0.29, 0.717) is 17.8 Å². The lowest BCUT2D eigenvalue weighted by molar-refractivity contribution is 0.0955. The quantitative estimate of drug-likeness (QED) is 0.671. The van der Waals surface area contributed by atoms with Gasteiger partial charge in [-0.1, -0.05) is 6.07 Å². The molecule has 3 heteroatoms. The van der Waals surface area contributed by atoms with Crippen LogP contribution in [0.5, 0.6) is 0 Å². The number of hydrogen-bond donors (Lipinski definition) is 2. The van der Waals surface area contributed by atoms with Crippen LogP contribution in [0.1, 0.15) is 22.8 Å². The van der Waals surface area contributed by atoms with Crippen molar-refractivity contribution in [2.75, 3.05) is 12.3 Å². The third kappa shape index (κ3) is 1.99. The van der Waals surface area contributed by atoms with Gasteiger partial charge in [0.1, 0.15) is 0 Å². The smallest absolute Gasteiger partial charge is 0.251 e. The largest absolute Gasteiger partial charge is 0.398 e. The molecule has 1 aromatic rings. The first-order chi connectivity index (χ1) is 6.16. The second-order valence-electron chi connectivity index (χ2n) is 2.88. The summed E-state index contributed by atoms with van der Waals surface area (Å²) in [6.07, 6.45) is 0. The molecule has 3 nitrogen and oxygen atoms in total. The molecule has 0 saturated heterocycles. The Hall–Kier alpha value is -1.51. The number of rotatable bonds is 2. The number of amides is 1. The van der Waals surface area contributed by atoms with E-state index in [1.54, 1.807) is 18.2 Å². The summed E-state index contributed by atoms with van der Waals surface area (Å²) >= 11 is 0. The number of carbonyl (C=O) groups excluding carboxylic acids is 1. The van der Waals surface area contributed by atoms with Gasteiger partial charge in [0.25, 0.3) is 5.91 Å². The zero-order valence-corrected chi connectivity index (χ0v) is 7.92. The Labute approximate surface area is 77.9 Å². The minimum Gasteiger partial charge on any atom is -0.398 e. The normalized spacial score (nSPS) is 9.69. The number of nitrogens with two attached hydrogens (primary N) is 1. The molecule has 0 aliphatic heterocycles. The maximum absolute atomic E-state index is 11.5. The van der Waals surface area contributed by atoms with E-state index in [4.69, 9.17) is 5.73 Å². The molecule has 3 N–H and O–H groups in total. The Bertz CT molecular complexity index is 321. The number of nitrogen functional groups attached to an aromatic ring is 1. The van der Waals surface area contributed by atoms with E-state index < -0.39 is 0 Å². The zero-order valence-electron chi connectivity index (χ0n) is 7.92. The molecule has 0 atom stereocenters. The second kappa shape index (κ2) is 3.94. The SMILES string of the molecule is CCNC(=O)c1cccc(N)c1C. The number of benzene rings is 1. The van der Waals surface area contributed by atoms with Gasteiger partial charge < -0.3 is 11.1 Å². The van der Waals surface area contributed by atoms with Crippen LogP contribution in [0.3, 0.4) is 0 Å². The lowest BCUT2D eigenvalue weighted by atomic mass is 10.1. The second-order valence-corrected chi connectivity index (χ2v) is 2.88. The van der Waals surface area contributed by atoms with Crippen LogP contribution in [0, 0.1) is 6.92 Å². The Morgan fingerprint density at radius 2 is 2.23 bits per heavy atom. The summed E-state index contributed by atoms with van der Waals surface area (Å²) in [5.74, 6) is -0.0627. The third-order valence-electron chi connectivity index (χ3n) is 1.96. The van der Waals surface area contributed by atoms with Gasteiger partial charge in [-0.2, -0.15) is 0 Å². The van der Waals surface area contributed by atoms with Gasteiger partial charge in [-0.25, -0.2) is 0 Å². The summed E-state index contributed by atoms with van der Waals surface area (Å²) in [6.45, 7) is 4.37. The monoisotopic (exact) mass is 178 g/mol.